The summed E-state index contributed by atoms with van der Waals surface area (Å²) in [7, 11) is 0. The Balaban J connectivity index is 0.884. The molecule has 8 aromatic carbocycles. The summed E-state index contributed by atoms with van der Waals surface area (Å²) in [5.41, 5.74) is 13.2. The van der Waals surface area contributed by atoms with Crippen LogP contribution in [0, 0.1) is 0 Å². The average molecular weight is 825 g/mol. The number of aromatic nitrogens is 2. The lowest BCUT2D eigenvalue weighted by molar-refractivity contribution is 1.21. The van der Waals surface area contributed by atoms with Gasteiger partial charge in [0.25, 0.3) is 0 Å². The number of hydrogen-bond acceptors (Lipinski definition) is 5. The molecule has 11 rings (SSSR count). The third-order valence-electron chi connectivity index (χ3n) is 11.5. The van der Waals surface area contributed by atoms with Gasteiger partial charge in [-0.05, 0) is 130 Å². The molecule has 11 aromatic rings. The van der Waals surface area contributed by atoms with E-state index < -0.39 is 0 Å². The lowest BCUT2D eigenvalue weighted by atomic mass is 10.0. The fourth-order valence-electron chi connectivity index (χ4n) is 8.25. The van der Waals surface area contributed by atoms with Gasteiger partial charge in [-0.3, -0.25) is 9.80 Å². The molecule has 0 fully saturated rings. The van der Waals surface area contributed by atoms with E-state index >= 15 is 0 Å². The Hall–Kier alpha value is -8.12. The van der Waals surface area contributed by atoms with Crippen molar-refractivity contribution in [2.45, 2.75) is 0 Å². The Kier molecular flexibility index (Phi) is 10.1. The van der Waals surface area contributed by atoms with Gasteiger partial charge in [0, 0.05) is 43.3 Å². The highest BCUT2D eigenvalue weighted by Gasteiger charge is 2.18. The maximum atomic E-state index is 5.13. The maximum Gasteiger partial charge on any atom is 0.138 e. The topological polar surface area (TPSA) is 32.3 Å². The van der Waals surface area contributed by atoms with E-state index in [0.29, 0.717) is 0 Å². The number of rotatable bonds is 10. The first-order valence-electron chi connectivity index (χ1n) is 21.1. The maximum absolute atomic E-state index is 5.13. The van der Waals surface area contributed by atoms with Gasteiger partial charge in [0.15, 0.2) is 0 Å². The largest absolute Gasteiger partial charge is 0.295 e. The lowest BCUT2D eigenvalue weighted by Gasteiger charge is -2.25. The molecule has 3 heterocycles. The summed E-state index contributed by atoms with van der Waals surface area (Å²) in [4.78, 5) is 17.1. The third-order valence-corrected chi connectivity index (χ3v) is 12.7. The summed E-state index contributed by atoms with van der Waals surface area (Å²) in [6, 6.07) is 85.7. The number of para-hydroxylation sites is 2. The second-order valence-electron chi connectivity index (χ2n) is 15.5. The number of thiophene rings is 1. The quantitative estimate of drug-likeness (QED) is 0.138. The predicted octanol–water partition coefficient (Wildman–Crippen LogP) is 16.5. The van der Waals surface area contributed by atoms with E-state index in [9.17, 15) is 0 Å². The molecule has 0 aliphatic rings. The first-order chi connectivity index (χ1) is 31.2. The highest BCUT2D eigenvalue weighted by Crippen LogP contribution is 2.41. The van der Waals surface area contributed by atoms with Crippen LogP contribution in [0.4, 0.5) is 34.4 Å². The van der Waals surface area contributed by atoms with Crippen molar-refractivity contribution in [2.75, 3.05) is 9.80 Å². The average Bonchev–Trinajstić information content (AvgIpc) is 3.86. The molecular formula is C58H40N4S. The number of benzene rings is 8. The van der Waals surface area contributed by atoms with E-state index in [1.165, 1.54) is 43.1 Å². The summed E-state index contributed by atoms with van der Waals surface area (Å²) in [5.74, 6) is 1.74. The molecular weight excluding hydrogens is 785 g/mol. The first kappa shape index (κ1) is 37.8. The molecule has 0 saturated carbocycles. The van der Waals surface area contributed by atoms with Gasteiger partial charge in [-0.15, -0.1) is 11.3 Å². The summed E-state index contributed by atoms with van der Waals surface area (Å²) in [5, 5.41) is 2.24. The molecule has 0 atom stereocenters. The van der Waals surface area contributed by atoms with Crippen molar-refractivity contribution in [2.24, 2.45) is 0 Å². The van der Waals surface area contributed by atoms with Crippen molar-refractivity contribution in [1.82, 2.24) is 9.97 Å². The van der Waals surface area contributed by atoms with Crippen molar-refractivity contribution in [1.29, 1.82) is 0 Å². The van der Waals surface area contributed by atoms with Crippen LogP contribution in [0.2, 0.25) is 0 Å². The Morgan fingerprint density at radius 2 is 0.571 bits per heavy atom. The molecule has 63 heavy (non-hydrogen) atoms. The molecule has 0 aliphatic carbocycles. The number of pyridine rings is 2. The van der Waals surface area contributed by atoms with Crippen LogP contribution in [0.25, 0.3) is 64.9 Å². The number of fused-ring (bicyclic) bond motifs is 2. The predicted molar refractivity (Wildman–Crippen MR) is 266 cm³/mol. The van der Waals surface area contributed by atoms with E-state index in [1.54, 1.807) is 11.3 Å². The Labute approximate surface area is 371 Å². The molecule has 0 unspecified atom stereocenters. The summed E-state index contributed by atoms with van der Waals surface area (Å²) >= 11 is 1.80. The Morgan fingerprint density at radius 3 is 0.952 bits per heavy atom. The minimum atomic E-state index is 0.870. The monoisotopic (exact) mass is 824 g/mol. The zero-order valence-electron chi connectivity index (χ0n) is 34.3. The highest BCUT2D eigenvalue weighted by molar-refractivity contribution is 7.18. The van der Waals surface area contributed by atoms with Crippen molar-refractivity contribution in [3.8, 4) is 43.1 Å². The van der Waals surface area contributed by atoms with Gasteiger partial charge in [-0.2, -0.15) is 0 Å². The summed E-state index contributed by atoms with van der Waals surface area (Å²) in [6.45, 7) is 0. The Morgan fingerprint density at radius 1 is 0.254 bits per heavy atom. The van der Waals surface area contributed by atoms with Crippen molar-refractivity contribution >= 4 is 67.5 Å². The SMILES string of the molecule is c1ccc(-c2ccc(N(c3ccc(-c4ccc(-c5ccc(N(c6ccc(-c7ccccc7)cc6)c6ccc7ccccc7n6)cc5)s4)cc3)c3ccc4ccccc4n3)cc2)cc1. The van der Waals surface area contributed by atoms with E-state index in [2.05, 4.69) is 240 Å². The molecule has 4 nitrogen and oxygen atoms in total. The molecule has 0 bridgehead atoms. The van der Waals surface area contributed by atoms with Gasteiger partial charge >= 0.3 is 0 Å². The van der Waals surface area contributed by atoms with Crippen LogP contribution in [0.3, 0.4) is 0 Å². The van der Waals surface area contributed by atoms with Crippen LogP contribution in [-0.2, 0) is 0 Å². The molecule has 0 saturated heterocycles. The van der Waals surface area contributed by atoms with Crippen LogP contribution < -0.4 is 9.80 Å². The zero-order chi connectivity index (χ0) is 42.0. The smallest absolute Gasteiger partial charge is 0.138 e. The molecule has 3 aromatic heterocycles. The zero-order valence-corrected chi connectivity index (χ0v) is 35.1. The molecule has 0 spiro atoms. The van der Waals surface area contributed by atoms with Gasteiger partial charge in [0.2, 0.25) is 0 Å². The fourth-order valence-corrected chi connectivity index (χ4v) is 9.27. The molecule has 0 radical (unpaired) electrons. The van der Waals surface area contributed by atoms with Gasteiger partial charge in [0.05, 0.1) is 11.0 Å². The minimum absolute atomic E-state index is 0.870. The number of nitrogens with zero attached hydrogens (tertiary/aromatic N) is 4. The second-order valence-corrected chi connectivity index (χ2v) is 16.6. The van der Waals surface area contributed by atoms with Gasteiger partial charge in [-0.1, -0.05) is 146 Å². The molecule has 0 amide bonds. The van der Waals surface area contributed by atoms with Crippen molar-refractivity contribution < 1.29 is 0 Å². The van der Waals surface area contributed by atoms with Gasteiger partial charge in [-0.25, -0.2) is 9.97 Å². The van der Waals surface area contributed by atoms with E-state index in [-0.39, 0.29) is 0 Å². The molecule has 298 valence electrons. The lowest BCUT2D eigenvalue weighted by Crippen LogP contribution is -2.11. The van der Waals surface area contributed by atoms with Gasteiger partial charge in [0.1, 0.15) is 11.6 Å². The molecule has 0 N–H and O–H groups in total. The van der Waals surface area contributed by atoms with Crippen molar-refractivity contribution in [3.63, 3.8) is 0 Å². The van der Waals surface area contributed by atoms with Crippen LogP contribution in [-0.4, -0.2) is 9.97 Å². The van der Waals surface area contributed by atoms with Gasteiger partial charge < -0.3 is 0 Å². The molecule has 0 aliphatic heterocycles. The second kappa shape index (κ2) is 16.7. The van der Waals surface area contributed by atoms with Crippen LogP contribution >= 0.6 is 11.3 Å². The summed E-state index contributed by atoms with van der Waals surface area (Å²) < 4.78 is 0. The Bertz CT molecular complexity index is 3090. The van der Waals surface area contributed by atoms with Crippen molar-refractivity contribution in [3.05, 3.63) is 243 Å². The first-order valence-corrected chi connectivity index (χ1v) is 22.0. The third kappa shape index (κ3) is 7.74. The summed E-state index contributed by atoms with van der Waals surface area (Å²) in [6.07, 6.45) is 0. The fraction of sp³-hybridized carbons (Fsp3) is 0. The van der Waals surface area contributed by atoms with E-state index in [1.807, 2.05) is 12.1 Å². The molecule has 5 heteroatoms. The van der Waals surface area contributed by atoms with E-state index in [4.69, 9.17) is 9.97 Å². The number of hydrogen-bond donors (Lipinski definition) is 0. The minimum Gasteiger partial charge on any atom is -0.295 e. The number of anilines is 6. The highest BCUT2D eigenvalue weighted by atomic mass is 32.1. The van der Waals surface area contributed by atoms with E-state index in [0.717, 1.165) is 56.2 Å². The van der Waals surface area contributed by atoms with Crippen LogP contribution in [0.5, 0.6) is 0 Å². The van der Waals surface area contributed by atoms with Crippen LogP contribution in [0.1, 0.15) is 0 Å². The standard InChI is InChI=1S/C58H40N4S/c1-3-11-41(12-4-1)43-19-29-49(30-20-43)61(57-39-27-45-15-7-9-17-53(45)59-57)51-33-23-47(24-34-51)55-37-38-56(63-55)48-25-35-52(36-26-48)62(58-40-28-46-16-8-10-18-54(46)60-58)50-31-21-44(22-32-50)42-13-5-2-6-14-42/h1-40H. The normalized spacial score (nSPS) is 11.2. The van der Waals surface area contributed by atoms with Crippen LogP contribution in [0.15, 0.2) is 243 Å².